The minimum atomic E-state index is -3.06. The van der Waals surface area contributed by atoms with E-state index in [-0.39, 0.29) is 35.7 Å². The van der Waals surface area contributed by atoms with Crippen molar-refractivity contribution in [2.24, 2.45) is 0 Å². The van der Waals surface area contributed by atoms with Crippen LogP contribution in [0, 0.1) is 0 Å². The molecule has 0 bridgehead atoms. The van der Waals surface area contributed by atoms with E-state index in [2.05, 4.69) is 27.7 Å². The van der Waals surface area contributed by atoms with E-state index in [1.165, 1.54) is 5.69 Å². The second kappa shape index (κ2) is 7.08. The van der Waals surface area contributed by atoms with E-state index in [1.54, 1.807) is 4.90 Å². The number of nitrogens with one attached hydrogen (secondary N) is 2. The fourth-order valence-electron chi connectivity index (χ4n) is 4.30. The Labute approximate surface area is 154 Å². The summed E-state index contributed by atoms with van der Waals surface area (Å²) in [6, 6.07) is 9.99. The number of piperazine rings is 1. The molecule has 3 fully saturated rings. The van der Waals surface area contributed by atoms with Gasteiger partial charge < -0.3 is 20.4 Å². The first-order chi connectivity index (χ1) is 12.5. The van der Waals surface area contributed by atoms with Crippen molar-refractivity contribution in [3.8, 4) is 0 Å². The molecule has 142 valence electrons. The number of fused-ring (bicyclic) bond motifs is 1. The molecule has 7 nitrogen and oxygen atoms in total. The summed E-state index contributed by atoms with van der Waals surface area (Å²) in [4.78, 5) is 16.8. The second-order valence-corrected chi connectivity index (χ2v) is 9.60. The van der Waals surface area contributed by atoms with Crippen LogP contribution < -0.4 is 15.5 Å². The van der Waals surface area contributed by atoms with Crippen LogP contribution in [-0.4, -0.2) is 75.2 Å². The van der Waals surface area contributed by atoms with Gasteiger partial charge in [0, 0.05) is 44.0 Å². The van der Waals surface area contributed by atoms with Gasteiger partial charge in [0.25, 0.3) is 0 Å². The molecule has 2 amide bonds. The van der Waals surface area contributed by atoms with Crippen molar-refractivity contribution in [1.29, 1.82) is 0 Å². The van der Waals surface area contributed by atoms with Crippen molar-refractivity contribution >= 4 is 21.6 Å². The number of piperidine rings is 1. The summed E-state index contributed by atoms with van der Waals surface area (Å²) in [7, 11) is -3.06. The topological polar surface area (TPSA) is 81.8 Å². The van der Waals surface area contributed by atoms with Crippen LogP contribution in [-0.2, 0) is 9.84 Å². The predicted octanol–water partition coefficient (Wildman–Crippen LogP) is 0.436. The fraction of sp³-hybridized carbons (Fsp3) is 0.611. The molecular weight excluding hydrogens is 352 g/mol. The summed E-state index contributed by atoms with van der Waals surface area (Å²) in [5.74, 6) is 0.210. The van der Waals surface area contributed by atoms with E-state index in [1.807, 2.05) is 18.2 Å². The third kappa shape index (κ3) is 3.66. The van der Waals surface area contributed by atoms with E-state index >= 15 is 0 Å². The Morgan fingerprint density at radius 3 is 2.54 bits per heavy atom. The summed E-state index contributed by atoms with van der Waals surface area (Å²) < 4.78 is 23.8. The highest BCUT2D eigenvalue weighted by atomic mass is 32.2. The van der Waals surface area contributed by atoms with Gasteiger partial charge in [0.05, 0.1) is 17.5 Å². The normalized spacial score (nSPS) is 28.6. The fourth-order valence-corrected chi connectivity index (χ4v) is 6.25. The van der Waals surface area contributed by atoms with Crippen LogP contribution in [0.15, 0.2) is 30.3 Å². The van der Waals surface area contributed by atoms with Gasteiger partial charge in [-0.05, 0) is 25.0 Å². The van der Waals surface area contributed by atoms with Gasteiger partial charge in [-0.2, -0.15) is 0 Å². The number of sulfone groups is 1. The van der Waals surface area contributed by atoms with Crippen molar-refractivity contribution in [3.63, 3.8) is 0 Å². The molecule has 3 saturated heterocycles. The predicted molar refractivity (Wildman–Crippen MR) is 101 cm³/mol. The van der Waals surface area contributed by atoms with Gasteiger partial charge in [0.1, 0.15) is 0 Å². The maximum absolute atomic E-state index is 12.8. The maximum Gasteiger partial charge on any atom is 0.317 e. The molecule has 0 saturated carbocycles. The van der Waals surface area contributed by atoms with Crippen molar-refractivity contribution in [2.75, 3.05) is 42.6 Å². The molecule has 26 heavy (non-hydrogen) atoms. The SMILES string of the molecule is O=C(NC1CCN(c2ccccc2)CC1)N1CCN[C@H]2CS(=O)(=O)C[C@H]21. The maximum atomic E-state index is 12.8. The standard InChI is InChI=1S/C18H26N4O3S/c23-18(22-11-8-19-16-12-26(24,25)13-17(16)22)20-14-6-9-21(10-7-14)15-4-2-1-3-5-15/h1-5,14,16-17,19H,6-13H2,(H,20,23)/t16-,17+/m0/s1. The van der Waals surface area contributed by atoms with Crippen molar-refractivity contribution in [1.82, 2.24) is 15.5 Å². The summed E-state index contributed by atoms with van der Waals surface area (Å²) >= 11 is 0. The van der Waals surface area contributed by atoms with E-state index in [0.29, 0.717) is 13.1 Å². The third-order valence-corrected chi connectivity index (χ3v) is 7.40. The number of benzene rings is 1. The zero-order valence-corrected chi connectivity index (χ0v) is 15.6. The van der Waals surface area contributed by atoms with Gasteiger partial charge in [0.2, 0.25) is 0 Å². The zero-order valence-electron chi connectivity index (χ0n) is 14.8. The average molecular weight is 378 g/mol. The first-order valence-electron chi connectivity index (χ1n) is 9.33. The Kier molecular flexibility index (Phi) is 4.79. The Morgan fingerprint density at radius 2 is 1.81 bits per heavy atom. The van der Waals surface area contributed by atoms with Gasteiger partial charge in [-0.1, -0.05) is 18.2 Å². The number of nitrogens with zero attached hydrogens (tertiary/aromatic N) is 2. The molecule has 4 rings (SSSR count). The molecule has 2 N–H and O–H groups in total. The van der Waals surface area contributed by atoms with Gasteiger partial charge in [-0.15, -0.1) is 0 Å². The molecule has 3 aliphatic rings. The minimum absolute atomic E-state index is 0.0739. The Bertz CT molecular complexity index is 747. The Balaban J connectivity index is 1.33. The minimum Gasteiger partial charge on any atom is -0.371 e. The smallest absolute Gasteiger partial charge is 0.317 e. The van der Waals surface area contributed by atoms with E-state index in [9.17, 15) is 13.2 Å². The summed E-state index contributed by atoms with van der Waals surface area (Å²) in [5.41, 5.74) is 1.22. The van der Waals surface area contributed by atoms with Crippen LogP contribution in [0.4, 0.5) is 10.5 Å². The highest BCUT2D eigenvalue weighted by molar-refractivity contribution is 7.91. The molecule has 2 atom stereocenters. The molecule has 0 unspecified atom stereocenters. The van der Waals surface area contributed by atoms with E-state index in [0.717, 1.165) is 25.9 Å². The van der Waals surface area contributed by atoms with Crippen LogP contribution in [0.3, 0.4) is 0 Å². The number of carbonyl (C=O) groups is 1. The highest BCUT2D eigenvalue weighted by Gasteiger charge is 2.44. The molecule has 3 heterocycles. The first kappa shape index (κ1) is 17.6. The lowest BCUT2D eigenvalue weighted by atomic mass is 10.0. The Morgan fingerprint density at radius 1 is 1.08 bits per heavy atom. The summed E-state index contributed by atoms with van der Waals surface area (Å²) in [5, 5.41) is 6.38. The number of anilines is 1. The number of amides is 2. The molecule has 8 heteroatoms. The largest absolute Gasteiger partial charge is 0.371 e. The molecule has 1 aromatic carbocycles. The van der Waals surface area contributed by atoms with Crippen LogP contribution in [0.5, 0.6) is 0 Å². The van der Waals surface area contributed by atoms with Crippen molar-refractivity contribution in [3.05, 3.63) is 30.3 Å². The zero-order chi connectivity index (χ0) is 18.1. The third-order valence-electron chi connectivity index (χ3n) is 5.69. The van der Waals surface area contributed by atoms with Crippen LogP contribution in [0.1, 0.15) is 12.8 Å². The van der Waals surface area contributed by atoms with Crippen molar-refractivity contribution < 1.29 is 13.2 Å². The molecule has 1 aromatic rings. The van der Waals surface area contributed by atoms with Crippen LogP contribution in [0.25, 0.3) is 0 Å². The number of hydrogen-bond acceptors (Lipinski definition) is 5. The number of rotatable bonds is 2. The first-order valence-corrected chi connectivity index (χ1v) is 11.1. The number of hydrogen-bond donors (Lipinski definition) is 2. The molecule has 0 aliphatic carbocycles. The van der Waals surface area contributed by atoms with Gasteiger partial charge in [-0.3, -0.25) is 0 Å². The lowest BCUT2D eigenvalue weighted by Gasteiger charge is -2.39. The van der Waals surface area contributed by atoms with Crippen molar-refractivity contribution in [2.45, 2.75) is 31.0 Å². The summed E-state index contributed by atoms with van der Waals surface area (Å²) in [6.45, 7) is 3.04. The van der Waals surface area contributed by atoms with Crippen LogP contribution in [0.2, 0.25) is 0 Å². The molecule has 0 spiro atoms. The van der Waals surface area contributed by atoms with E-state index in [4.69, 9.17) is 0 Å². The number of para-hydroxylation sites is 1. The lowest BCUT2D eigenvalue weighted by Crippen LogP contribution is -2.62. The monoisotopic (exact) mass is 378 g/mol. The molecule has 0 radical (unpaired) electrons. The quantitative estimate of drug-likeness (QED) is 0.780. The Hall–Kier alpha value is -1.80. The highest BCUT2D eigenvalue weighted by Crippen LogP contribution is 2.23. The van der Waals surface area contributed by atoms with Gasteiger partial charge in [-0.25, -0.2) is 13.2 Å². The molecule has 0 aromatic heterocycles. The van der Waals surface area contributed by atoms with E-state index < -0.39 is 9.84 Å². The molecular formula is C18H26N4O3S. The van der Waals surface area contributed by atoms with Gasteiger partial charge >= 0.3 is 6.03 Å². The number of urea groups is 1. The lowest BCUT2D eigenvalue weighted by molar-refractivity contribution is 0.147. The second-order valence-electron chi connectivity index (χ2n) is 7.44. The van der Waals surface area contributed by atoms with Gasteiger partial charge in [0.15, 0.2) is 9.84 Å². The number of carbonyl (C=O) groups excluding carboxylic acids is 1. The van der Waals surface area contributed by atoms with Crippen LogP contribution >= 0.6 is 0 Å². The summed E-state index contributed by atoms with van der Waals surface area (Å²) in [6.07, 6.45) is 1.80. The average Bonchev–Trinajstić information content (AvgIpc) is 2.96. The molecule has 3 aliphatic heterocycles.